The second kappa shape index (κ2) is 5.62. The Balaban J connectivity index is 2.27. The molecule has 1 fully saturated rings. The van der Waals surface area contributed by atoms with E-state index in [-0.39, 0.29) is 31.0 Å². The van der Waals surface area contributed by atoms with Crippen molar-refractivity contribution >= 4 is 11.6 Å². The largest absolute Gasteiger partial charge is 0.573 e. The zero-order chi connectivity index (χ0) is 14.8. The van der Waals surface area contributed by atoms with Crippen LogP contribution in [0.4, 0.5) is 13.2 Å². The molecule has 0 radical (unpaired) electrons. The summed E-state index contributed by atoms with van der Waals surface area (Å²) in [5.41, 5.74) is -0.270. The van der Waals surface area contributed by atoms with Crippen LogP contribution in [-0.4, -0.2) is 31.1 Å². The van der Waals surface area contributed by atoms with Crippen LogP contribution in [0.25, 0.3) is 0 Å². The molecular formula is C13H11F3O4. The molecule has 1 aliphatic rings. The smallest absolute Gasteiger partial charge is 0.405 e. The predicted molar refractivity (Wildman–Crippen MR) is 61.4 cm³/mol. The van der Waals surface area contributed by atoms with Crippen molar-refractivity contribution in [3.63, 3.8) is 0 Å². The van der Waals surface area contributed by atoms with E-state index in [1.165, 1.54) is 18.2 Å². The fourth-order valence-electron chi connectivity index (χ4n) is 1.93. The number of para-hydroxylation sites is 1. The second-order valence-electron chi connectivity index (χ2n) is 4.25. The predicted octanol–water partition coefficient (Wildman–Crippen LogP) is 2.37. The van der Waals surface area contributed by atoms with Crippen LogP contribution in [0.3, 0.4) is 0 Å². The van der Waals surface area contributed by atoms with Crippen molar-refractivity contribution in [2.75, 3.05) is 13.2 Å². The van der Waals surface area contributed by atoms with Crippen LogP contribution in [0.5, 0.6) is 5.75 Å². The first-order chi connectivity index (χ1) is 9.38. The molecule has 1 aliphatic heterocycles. The van der Waals surface area contributed by atoms with Gasteiger partial charge in [-0.15, -0.1) is 13.2 Å². The number of hydrogen-bond acceptors (Lipinski definition) is 4. The molecule has 0 N–H and O–H groups in total. The Morgan fingerprint density at radius 3 is 2.65 bits per heavy atom. The Hall–Kier alpha value is -1.89. The van der Waals surface area contributed by atoms with Crippen LogP contribution in [0.15, 0.2) is 24.3 Å². The highest BCUT2D eigenvalue weighted by Crippen LogP contribution is 2.29. The molecule has 0 aromatic heterocycles. The normalized spacial score (nSPS) is 19.8. The third-order valence-electron chi connectivity index (χ3n) is 2.86. The molecule has 0 bridgehead atoms. The van der Waals surface area contributed by atoms with E-state index in [4.69, 9.17) is 4.74 Å². The zero-order valence-corrected chi connectivity index (χ0v) is 10.3. The van der Waals surface area contributed by atoms with E-state index in [1.807, 2.05) is 0 Å². The van der Waals surface area contributed by atoms with E-state index in [0.717, 1.165) is 6.07 Å². The van der Waals surface area contributed by atoms with Gasteiger partial charge in [0.2, 0.25) is 0 Å². The van der Waals surface area contributed by atoms with Gasteiger partial charge in [-0.2, -0.15) is 0 Å². The SMILES string of the molecule is O=C1CCOCC1C(=O)c1ccccc1OC(F)(F)F. The Morgan fingerprint density at radius 2 is 2.00 bits per heavy atom. The number of ketones is 2. The van der Waals surface area contributed by atoms with E-state index in [0.29, 0.717) is 0 Å². The average Bonchev–Trinajstić information content (AvgIpc) is 2.37. The fraction of sp³-hybridized carbons (Fsp3) is 0.385. The van der Waals surface area contributed by atoms with E-state index >= 15 is 0 Å². The van der Waals surface area contributed by atoms with Crippen molar-refractivity contribution < 1.29 is 32.2 Å². The summed E-state index contributed by atoms with van der Waals surface area (Å²) in [4.78, 5) is 23.8. The maximum atomic E-state index is 12.3. The first-order valence-corrected chi connectivity index (χ1v) is 5.88. The molecule has 2 rings (SSSR count). The van der Waals surface area contributed by atoms with Crippen LogP contribution >= 0.6 is 0 Å². The number of ether oxygens (including phenoxy) is 2. The van der Waals surface area contributed by atoms with Gasteiger partial charge in [0.25, 0.3) is 0 Å². The highest BCUT2D eigenvalue weighted by atomic mass is 19.4. The minimum Gasteiger partial charge on any atom is -0.405 e. The molecule has 4 nitrogen and oxygen atoms in total. The summed E-state index contributed by atoms with van der Waals surface area (Å²) in [6, 6.07) is 4.96. The monoisotopic (exact) mass is 288 g/mol. The summed E-state index contributed by atoms with van der Waals surface area (Å²) in [6.07, 6.45) is -4.82. The summed E-state index contributed by atoms with van der Waals surface area (Å²) in [5.74, 6) is -2.72. The summed E-state index contributed by atoms with van der Waals surface area (Å²) >= 11 is 0. The van der Waals surface area contributed by atoms with Gasteiger partial charge in [0.15, 0.2) is 5.78 Å². The zero-order valence-electron chi connectivity index (χ0n) is 10.3. The molecule has 1 aromatic rings. The van der Waals surface area contributed by atoms with E-state index < -0.39 is 23.8 Å². The van der Waals surface area contributed by atoms with Gasteiger partial charge in [0.1, 0.15) is 17.5 Å². The van der Waals surface area contributed by atoms with Gasteiger partial charge in [0, 0.05) is 6.42 Å². The van der Waals surface area contributed by atoms with Gasteiger partial charge in [-0.1, -0.05) is 12.1 Å². The summed E-state index contributed by atoms with van der Waals surface area (Å²) in [6.45, 7) is 0.112. The number of hydrogen-bond donors (Lipinski definition) is 0. The molecule has 1 atom stereocenters. The van der Waals surface area contributed by atoms with Crippen molar-refractivity contribution in [2.24, 2.45) is 5.92 Å². The van der Waals surface area contributed by atoms with E-state index in [2.05, 4.69) is 4.74 Å². The maximum Gasteiger partial charge on any atom is 0.573 e. The van der Waals surface area contributed by atoms with Gasteiger partial charge < -0.3 is 9.47 Å². The molecule has 1 heterocycles. The molecule has 0 amide bonds. The molecule has 0 spiro atoms. The molecule has 1 unspecified atom stereocenters. The molecule has 108 valence electrons. The van der Waals surface area contributed by atoms with Crippen LogP contribution < -0.4 is 4.74 Å². The summed E-state index contributed by atoms with van der Waals surface area (Å²) in [7, 11) is 0. The van der Waals surface area contributed by atoms with Crippen molar-refractivity contribution in [1.29, 1.82) is 0 Å². The van der Waals surface area contributed by atoms with Crippen LogP contribution in [0.2, 0.25) is 0 Å². The minimum absolute atomic E-state index is 0.0820. The van der Waals surface area contributed by atoms with Crippen LogP contribution in [0, 0.1) is 5.92 Å². The number of carbonyl (C=O) groups is 2. The van der Waals surface area contributed by atoms with Gasteiger partial charge in [-0.3, -0.25) is 9.59 Å². The van der Waals surface area contributed by atoms with Gasteiger partial charge >= 0.3 is 6.36 Å². The molecule has 1 saturated heterocycles. The van der Waals surface area contributed by atoms with Gasteiger partial charge in [0.05, 0.1) is 18.8 Å². The highest BCUT2D eigenvalue weighted by Gasteiger charge is 2.36. The Kier molecular flexibility index (Phi) is 4.08. The molecule has 0 saturated carbocycles. The molecule has 0 aliphatic carbocycles. The number of rotatable bonds is 3. The first-order valence-electron chi connectivity index (χ1n) is 5.88. The van der Waals surface area contributed by atoms with Crippen LogP contribution in [-0.2, 0) is 9.53 Å². The van der Waals surface area contributed by atoms with Gasteiger partial charge in [-0.05, 0) is 12.1 Å². The summed E-state index contributed by atoms with van der Waals surface area (Å²) < 4.78 is 45.7. The molecule has 7 heteroatoms. The number of benzene rings is 1. The van der Waals surface area contributed by atoms with Crippen molar-refractivity contribution in [3.05, 3.63) is 29.8 Å². The quantitative estimate of drug-likeness (QED) is 0.633. The number of alkyl halides is 3. The van der Waals surface area contributed by atoms with Crippen molar-refractivity contribution in [1.82, 2.24) is 0 Å². The van der Waals surface area contributed by atoms with Crippen molar-refractivity contribution in [2.45, 2.75) is 12.8 Å². The molecular weight excluding hydrogens is 277 g/mol. The highest BCUT2D eigenvalue weighted by molar-refractivity contribution is 6.12. The molecule has 1 aromatic carbocycles. The van der Waals surface area contributed by atoms with Crippen LogP contribution in [0.1, 0.15) is 16.8 Å². The topological polar surface area (TPSA) is 52.6 Å². The Morgan fingerprint density at radius 1 is 1.30 bits per heavy atom. The lowest BCUT2D eigenvalue weighted by atomic mass is 9.91. The molecule has 20 heavy (non-hydrogen) atoms. The number of carbonyl (C=O) groups excluding carboxylic acids is 2. The van der Waals surface area contributed by atoms with E-state index in [1.54, 1.807) is 0 Å². The lowest BCUT2D eigenvalue weighted by molar-refractivity contribution is -0.274. The van der Waals surface area contributed by atoms with E-state index in [9.17, 15) is 22.8 Å². The standard InChI is InChI=1S/C13H11F3O4/c14-13(15,16)20-11-4-2-1-3-8(11)12(18)9-7-19-6-5-10(9)17/h1-4,9H,5-7H2. The lowest BCUT2D eigenvalue weighted by Crippen LogP contribution is -2.34. The third kappa shape index (κ3) is 3.36. The Labute approximate surface area is 112 Å². The first kappa shape index (κ1) is 14.5. The summed E-state index contributed by atoms with van der Waals surface area (Å²) in [5, 5.41) is 0. The van der Waals surface area contributed by atoms with Gasteiger partial charge in [-0.25, -0.2) is 0 Å². The average molecular weight is 288 g/mol. The minimum atomic E-state index is -4.90. The maximum absolute atomic E-state index is 12.3. The van der Waals surface area contributed by atoms with Crippen molar-refractivity contribution in [3.8, 4) is 5.75 Å². The third-order valence-corrected chi connectivity index (χ3v) is 2.86. The number of halogens is 3. The Bertz CT molecular complexity index is 525. The fourth-order valence-corrected chi connectivity index (χ4v) is 1.93. The number of Topliss-reactive ketones (excluding diaryl/α,β-unsaturated/α-hetero) is 2. The second-order valence-corrected chi connectivity index (χ2v) is 4.25. The lowest BCUT2D eigenvalue weighted by Gasteiger charge is -2.21.